The number of aromatic nitrogens is 1. The van der Waals surface area contributed by atoms with Gasteiger partial charge in [-0.25, -0.2) is 4.98 Å². The summed E-state index contributed by atoms with van der Waals surface area (Å²) in [5.41, 5.74) is 5.50. The Bertz CT molecular complexity index is 673. The highest BCUT2D eigenvalue weighted by molar-refractivity contribution is 5.51. The van der Waals surface area contributed by atoms with Gasteiger partial charge in [0.25, 0.3) is 0 Å². The third kappa shape index (κ3) is 2.72. The molecule has 21 heavy (non-hydrogen) atoms. The van der Waals surface area contributed by atoms with Gasteiger partial charge in [0.05, 0.1) is 11.6 Å². The van der Waals surface area contributed by atoms with Crippen molar-refractivity contribution < 1.29 is 17.9 Å². The summed E-state index contributed by atoms with van der Waals surface area (Å²) in [6, 6.07) is 8.85. The van der Waals surface area contributed by atoms with E-state index in [1.807, 2.05) is 24.3 Å². The van der Waals surface area contributed by atoms with Crippen molar-refractivity contribution >= 4 is 11.6 Å². The number of alkyl halides is 3. The molecule has 3 rings (SSSR count). The second kappa shape index (κ2) is 4.83. The zero-order chi connectivity index (χ0) is 15.0. The van der Waals surface area contributed by atoms with Gasteiger partial charge >= 0.3 is 6.18 Å². The van der Waals surface area contributed by atoms with Crippen molar-refractivity contribution in [2.75, 3.05) is 17.7 Å². The van der Waals surface area contributed by atoms with Crippen LogP contribution in [0.2, 0.25) is 0 Å². The SMILES string of the molecule is Nc1cc(C(F)(F)F)cc(NC2COc3ccccc32)n1. The molecule has 1 aromatic heterocycles. The van der Waals surface area contributed by atoms with E-state index < -0.39 is 11.7 Å². The maximum absolute atomic E-state index is 12.8. The smallest absolute Gasteiger partial charge is 0.416 e. The number of ether oxygens (including phenoxy) is 1. The predicted molar refractivity (Wildman–Crippen MR) is 72.0 cm³/mol. The first-order chi connectivity index (χ1) is 9.93. The molecule has 0 bridgehead atoms. The molecule has 0 saturated carbocycles. The molecule has 2 heterocycles. The number of pyridine rings is 1. The van der Waals surface area contributed by atoms with Gasteiger partial charge in [-0.15, -0.1) is 0 Å². The Morgan fingerprint density at radius 1 is 1.24 bits per heavy atom. The van der Waals surface area contributed by atoms with Crippen molar-refractivity contribution in [3.8, 4) is 5.75 Å². The molecule has 0 fully saturated rings. The highest BCUT2D eigenvalue weighted by Crippen LogP contribution is 2.35. The lowest BCUT2D eigenvalue weighted by atomic mass is 10.1. The fourth-order valence-corrected chi connectivity index (χ4v) is 2.25. The molecule has 1 aliphatic rings. The molecule has 0 amide bonds. The van der Waals surface area contributed by atoms with E-state index in [1.54, 1.807) is 0 Å². The zero-order valence-corrected chi connectivity index (χ0v) is 10.8. The molecule has 1 unspecified atom stereocenters. The molecule has 0 aliphatic carbocycles. The summed E-state index contributed by atoms with van der Waals surface area (Å²) in [4.78, 5) is 3.89. The van der Waals surface area contributed by atoms with Crippen LogP contribution in [0.25, 0.3) is 0 Å². The van der Waals surface area contributed by atoms with Gasteiger partial charge in [0.1, 0.15) is 24.0 Å². The first kappa shape index (κ1) is 13.5. The number of nitrogens with zero attached hydrogens (tertiary/aromatic N) is 1. The van der Waals surface area contributed by atoms with Gasteiger partial charge in [-0.3, -0.25) is 0 Å². The number of anilines is 2. The van der Waals surface area contributed by atoms with E-state index in [9.17, 15) is 13.2 Å². The zero-order valence-electron chi connectivity index (χ0n) is 10.8. The second-order valence-corrected chi connectivity index (χ2v) is 4.71. The van der Waals surface area contributed by atoms with E-state index in [0.29, 0.717) is 6.61 Å². The molecule has 3 N–H and O–H groups in total. The number of fused-ring (bicyclic) bond motifs is 1. The fraction of sp³-hybridized carbons (Fsp3) is 0.214. The number of nitrogens with two attached hydrogens (primary N) is 1. The Labute approximate surface area is 118 Å². The molecule has 110 valence electrons. The number of benzene rings is 1. The molecule has 0 spiro atoms. The van der Waals surface area contributed by atoms with Crippen molar-refractivity contribution in [2.24, 2.45) is 0 Å². The minimum absolute atomic E-state index is 0.0765. The topological polar surface area (TPSA) is 60.2 Å². The van der Waals surface area contributed by atoms with Gasteiger partial charge in [0.15, 0.2) is 0 Å². The van der Waals surface area contributed by atoms with Crippen LogP contribution in [0.5, 0.6) is 5.75 Å². The molecule has 7 heteroatoms. The monoisotopic (exact) mass is 295 g/mol. The molecule has 4 nitrogen and oxygen atoms in total. The number of para-hydroxylation sites is 1. The third-order valence-corrected chi connectivity index (χ3v) is 3.19. The van der Waals surface area contributed by atoms with Crippen molar-refractivity contribution in [1.29, 1.82) is 0 Å². The van der Waals surface area contributed by atoms with Crippen LogP contribution in [0.4, 0.5) is 24.8 Å². The van der Waals surface area contributed by atoms with E-state index in [1.165, 1.54) is 0 Å². The van der Waals surface area contributed by atoms with E-state index in [-0.39, 0.29) is 17.7 Å². The van der Waals surface area contributed by atoms with Gasteiger partial charge in [-0.2, -0.15) is 13.2 Å². The van der Waals surface area contributed by atoms with Crippen LogP contribution < -0.4 is 15.8 Å². The Kier molecular flexibility index (Phi) is 3.12. The molecule has 1 atom stereocenters. The van der Waals surface area contributed by atoms with Gasteiger partial charge in [-0.05, 0) is 18.2 Å². The predicted octanol–water partition coefficient (Wildman–Crippen LogP) is 3.23. The molecular weight excluding hydrogens is 283 g/mol. The lowest BCUT2D eigenvalue weighted by Gasteiger charge is -2.15. The highest BCUT2D eigenvalue weighted by Gasteiger charge is 2.32. The molecule has 0 saturated heterocycles. The highest BCUT2D eigenvalue weighted by atomic mass is 19.4. The number of nitrogens with one attached hydrogen (secondary N) is 1. The van der Waals surface area contributed by atoms with Crippen LogP contribution >= 0.6 is 0 Å². The minimum Gasteiger partial charge on any atom is -0.491 e. The number of rotatable bonds is 2. The Morgan fingerprint density at radius 2 is 2.00 bits per heavy atom. The summed E-state index contributed by atoms with van der Waals surface area (Å²) < 4.78 is 43.8. The molecule has 1 aliphatic heterocycles. The lowest BCUT2D eigenvalue weighted by molar-refractivity contribution is -0.137. The number of halogens is 3. The molecular formula is C14H12F3N3O. The van der Waals surface area contributed by atoms with E-state index in [4.69, 9.17) is 10.5 Å². The number of hydrogen-bond acceptors (Lipinski definition) is 4. The van der Waals surface area contributed by atoms with Gasteiger partial charge in [0.2, 0.25) is 0 Å². The average Bonchev–Trinajstić information content (AvgIpc) is 2.81. The Hall–Kier alpha value is -2.44. The molecule has 2 aromatic rings. The van der Waals surface area contributed by atoms with Crippen LogP contribution in [0.3, 0.4) is 0 Å². The average molecular weight is 295 g/mol. The molecule has 1 aromatic carbocycles. The Morgan fingerprint density at radius 3 is 2.76 bits per heavy atom. The van der Waals surface area contributed by atoms with Crippen molar-refractivity contribution in [3.05, 3.63) is 47.5 Å². The summed E-state index contributed by atoms with van der Waals surface area (Å²) in [6.07, 6.45) is -4.46. The first-order valence-electron chi connectivity index (χ1n) is 6.26. The van der Waals surface area contributed by atoms with Crippen LogP contribution in [-0.2, 0) is 6.18 Å². The summed E-state index contributed by atoms with van der Waals surface area (Å²) in [5, 5.41) is 2.93. The van der Waals surface area contributed by atoms with Gasteiger partial charge in [0, 0.05) is 5.56 Å². The summed E-state index contributed by atoms with van der Waals surface area (Å²) in [6.45, 7) is 0.331. The van der Waals surface area contributed by atoms with Crippen molar-refractivity contribution in [1.82, 2.24) is 4.98 Å². The summed E-state index contributed by atoms with van der Waals surface area (Å²) >= 11 is 0. The second-order valence-electron chi connectivity index (χ2n) is 4.71. The van der Waals surface area contributed by atoms with Crippen LogP contribution in [-0.4, -0.2) is 11.6 Å². The van der Waals surface area contributed by atoms with E-state index >= 15 is 0 Å². The standard InChI is InChI=1S/C14H12F3N3O/c15-14(16,17)8-5-12(18)20-13(6-8)19-10-7-21-11-4-2-1-3-9(10)11/h1-6,10H,7H2,(H3,18,19,20). The van der Waals surface area contributed by atoms with Crippen molar-refractivity contribution in [3.63, 3.8) is 0 Å². The lowest BCUT2D eigenvalue weighted by Crippen LogP contribution is -2.15. The van der Waals surface area contributed by atoms with Gasteiger partial charge in [-0.1, -0.05) is 18.2 Å². The number of hydrogen-bond donors (Lipinski definition) is 2. The third-order valence-electron chi connectivity index (χ3n) is 3.19. The fourth-order valence-electron chi connectivity index (χ4n) is 2.25. The normalized spacial score (nSPS) is 17.2. The number of nitrogen functional groups attached to an aromatic ring is 1. The van der Waals surface area contributed by atoms with Crippen LogP contribution in [0, 0.1) is 0 Å². The van der Waals surface area contributed by atoms with Crippen LogP contribution in [0.15, 0.2) is 36.4 Å². The Balaban J connectivity index is 1.88. The van der Waals surface area contributed by atoms with E-state index in [0.717, 1.165) is 23.4 Å². The quantitative estimate of drug-likeness (QED) is 0.893. The summed E-state index contributed by atoms with van der Waals surface area (Å²) in [5.74, 6) is 0.613. The minimum atomic E-state index is -4.46. The van der Waals surface area contributed by atoms with E-state index in [2.05, 4.69) is 10.3 Å². The largest absolute Gasteiger partial charge is 0.491 e. The molecule has 0 radical (unpaired) electrons. The van der Waals surface area contributed by atoms with Crippen LogP contribution in [0.1, 0.15) is 17.2 Å². The first-order valence-corrected chi connectivity index (χ1v) is 6.26. The maximum atomic E-state index is 12.8. The summed E-state index contributed by atoms with van der Waals surface area (Å²) in [7, 11) is 0. The maximum Gasteiger partial charge on any atom is 0.416 e. The van der Waals surface area contributed by atoms with Crippen molar-refractivity contribution in [2.45, 2.75) is 12.2 Å². The van der Waals surface area contributed by atoms with Gasteiger partial charge < -0.3 is 15.8 Å².